The summed E-state index contributed by atoms with van der Waals surface area (Å²) in [7, 11) is -3.65. The van der Waals surface area contributed by atoms with Crippen LogP contribution in [0.15, 0.2) is 18.2 Å². The van der Waals surface area contributed by atoms with Crippen LogP contribution >= 0.6 is 0 Å². The normalized spacial score (nSPS) is 20.9. The SMILES string of the molecule is Cc1cc(NS(=O)(=O)N2CCCCC2CN)ccc1F. The zero-order valence-corrected chi connectivity index (χ0v) is 12.3. The van der Waals surface area contributed by atoms with Crippen LogP contribution < -0.4 is 10.5 Å². The van der Waals surface area contributed by atoms with Gasteiger partial charge in [0.25, 0.3) is 0 Å². The third kappa shape index (κ3) is 3.28. The number of piperidine rings is 1. The Labute approximate surface area is 119 Å². The minimum atomic E-state index is -3.65. The van der Waals surface area contributed by atoms with E-state index < -0.39 is 10.2 Å². The predicted octanol–water partition coefficient (Wildman–Crippen LogP) is 1.60. The molecule has 1 aromatic rings. The molecule has 1 aliphatic rings. The van der Waals surface area contributed by atoms with Gasteiger partial charge in [-0.1, -0.05) is 6.42 Å². The van der Waals surface area contributed by atoms with E-state index in [4.69, 9.17) is 5.73 Å². The number of nitrogens with zero attached hydrogens (tertiary/aromatic N) is 1. The zero-order valence-electron chi connectivity index (χ0n) is 11.5. The highest BCUT2D eigenvalue weighted by molar-refractivity contribution is 7.90. The van der Waals surface area contributed by atoms with Crippen LogP contribution in [0.25, 0.3) is 0 Å². The van der Waals surface area contributed by atoms with Gasteiger partial charge >= 0.3 is 10.2 Å². The molecular weight excluding hydrogens is 281 g/mol. The fourth-order valence-electron chi connectivity index (χ4n) is 2.44. The van der Waals surface area contributed by atoms with Gasteiger partial charge in [0.1, 0.15) is 5.82 Å². The first-order valence-electron chi connectivity index (χ1n) is 6.70. The van der Waals surface area contributed by atoms with Crippen molar-refractivity contribution in [2.75, 3.05) is 17.8 Å². The summed E-state index contributed by atoms with van der Waals surface area (Å²) in [6, 6.07) is 3.99. The molecule has 0 aliphatic carbocycles. The summed E-state index contributed by atoms with van der Waals surface area (Å²) >= 11 is 0. The van der Waals surface area contributed by atoms with Gasteiger partial charge in [-0.2, -0.15) is 12.7 Å². The summed E-state index contributed by atoms with van der Waals surface area (Å²) in [6.07, 6.45) is 2.60. The molecule has 1 saturated heterocycles. The molecule has 1 heterocycles. The number of hydrogen-bond donors (Lipinski definition) is 2. The lowest BCUT2D eigenvalue weighted by atomic mass is 10.1. The number of nitrogens with two attached hydrogens (primary N) is 1. The molecule has 7 heteroatoms. The van der Waals surface area contributed by atoms with Gasteiger partial charge in [-0.15, -0.1) is 0 Å². The second kappa shape index (κ2) is 6.07. The Bertz CT molecular complexity index is 577. The van der Waals surface area contributed by atoms with Crippen LogP contribution in [-0.4, -0.2) is 31.9 Å². The highest BCUT2D eigenvalue weighted by atomic mass is 32.2. The number of aryl methyl sites for hydroxylation is 1. The largest absolute Gasteiger partial charge is 0.329 e. The van der Waals surface area contributed by atoms with Gasteiger partial charge in [0.15, 0.2) is 0 Å². The Morgan fingerprint density at radius 2 is 2.20 bits per heavy atom. The predicted molar refractivity (Wildman–Crippen MR) is 77.1 cm³/mol. The van der Waals surface area contributed by atoms with Gasteiger partial charge in [-0.05, 0) is 43.5 Å². The van der Waals surface area contributed by atoms with Gasteiger partial charge in [0.2, 0.25) is 0 Å². The van der Waals surface area contributed by atoms with Crippen LogP contribution in [0.1, 0.15) is 24.8 Å². The molecule has 20 heavy (non-hydrogen) atoms. The first kappa shape index (κ1) is 15.2. The molecule has 0 saturated carbocycles. The molecule has 1 aromatic carbocycles. The second-order valence-electron chi connectivity index (χ2n) is 5.07. The minimum Gasteiger partial charge on any atom is -0.329 e. The van der Waals surface area contributed by atoms with E-state index in [1.165, 1.54) is 22.5 Å². The van der Waals surface area contributed by atoms with Gasteiger partial charge in [-0.3, -0.25) is 4.72 Å². The Morgan fingerprint density at radius 3 is 2.85 bits per heavy atom. The van der Waals surface area contributed by atoms with Gasteiger partial charge in [0.05, 0.1) is 5.69 Å². The number of benzene rings is 1. The lowest BCUT2D eigenvalue weighted by molar-refractivity contribution is 0.259. The maximum atomic E-state index is 13.2. The molecule has 5 nitrogen and oxygen atoms in total. The Kier molecular flexibility index (Phi) is 4.62. The van der Waals surface area contributed by atoms with E-state index in [2.05, 4.69) is 4.72 Å². The third-order valence-electron chi connectivity index (χ3n) is 3.56. The summed E-state index contributed by atoms with van der Waals surface area (Å²) in [5.41, 5.74) is 6.41. The molecule has 2 rings (SSSR count). The van der Waals surface area contributed by atoms with Crippen molar-refractivity contribution in [2.24, 2.45) is 5.73 Å². The van der Waals surface area contributed by atoms with E-state index in [1.54, 1.807) is 6.92 Å². The molecule has 0 bridgehead atoms. The van der Waals surface area contributed by atoms with Gasteiger partial charge in [-0.25, -0.2) is 4.39 Å². The summed E-state index contributed by atoms with van der Waals surface area (Å²) in [4.78, 5) is 0. The first-order valence-corrected chi connectivity index (χ1v) is 8.14. The monoisotopic (exact) mass is 301 g/mol. The van der Waals surface area contributed by atoms with Crippen molar-refractivity contribution in [3.63, 3.8) is 0 Å². The maximum absolute atomic E-state index is 13.2. The Morgan fingerprint density at radius 1 is 1.45 bits per heavy atom. The van der Waals surface area contributed by atoms with Crippen LogP contribution in [0, 0.1) is 12.7 Å². The molecular formula is C13H20FN3O2S. The van der Waals surface area contributed by atoms with Crippen molar-refractivity contribution < 1.29 is 12.8 Å². The molecule has 0 aromatic heterocycles. The maximum Gasteiger partial charge on any atom is 0.301 e. The van der Waals surface area contributed by atoms with Crippen molar-refractivity contribution in [1.82, 2.24) is 4.31 Å². The molecule has 1 unspecified atom stereocenters. The van der Waals surface area contributed by atoms with Crippen molar-refractivity contribution in [1.29, 1.82) is 0 Å². The minimum absolute atomic E-state index is 0.164. The topological polar surface area (TPSA) is 75.4 Å². The third-order valence-corrected chi connectivity index (χ3v) is 5.15. The van der Waals surface area contributed by atoms with Crippen molar-refractivity contribution in [3.05, 3.63) is 29.6 Å². The molecule has 112 valence electrons. The zero-order chi connectivity index (χ0) is 14.8. The highest BCUT2D eigenvalue weighted by Crippen LogP contribution is 2.22. The van der Waals surface area contributed by atoms with E-state index in [0.29, 0.717) is 24.3 Å². The lowest BCUT2D eigenvalue weighted by Gasteiger charge is -2.33. The first-order chi connectivity index (χ1) is 9.44. The van der Waals surface area contributed by atoms with Gasteiger partial charge < -0.3 is 5.73 Å². The lowest BCUT2D eigenvalue weighted by Crippen LogP contribution is -2.49. The smallest absolute Gasteiger partial charge is 0.301 e. The number of anilines is 1. The van der Waals surface area contributed by atoms with E-state index in [0.717, 1.165) is 19.3 Å². The van der Waals surface area contributed by atoms with Crippen LogP contribution in [0.4, 0.5) is 10.1 Å². The van der Waals surface area contributed by atoms with E-state index in [1.807, 2.05) is 0 Å². The van der Waals surface area contributed by atoms with E-state index in [-0.39, 0.29) is 11.9 Å². The number of halogens is 1. The standard InChI is InChI=1S/C13H20FN3O2S/c1-10-8-11(5-6-13(10)14)16-20(18,19)17-7-3-2-4-12(17)9-15/h5-6,8,12,16H,2-4,7,9,15H2,1H3. The fourth-order valence-corrected chi connectivity index (χ4v) is 3.94. The van der Waals surface area contributed by atoms with Crippen LogP contribution in [0.3, 0.4) is 0 Å². The summed E-state index contributed by atoms with van der Waals surface area (Å²) in [5.74, 6) is -0.356. The van der Waals surface area contributed by atoms with Crippen LogP contribution in [0.5, 0.6) is 0 Å². The summed E-state index contributed by atoms with van der Waals surface area (Å²) in [5, 5.41) is 0. The highest BCUT2D eigenvalue weighted by Gasteiger charge is 2.31. The number of nitrogens with one attached hydrogen (secondary N) is 1. The van der Waals surface area contributed by atoms with Crippen molar-refractivity contribution in [3.8, 4) is 0 Å². The second-order valence-corrected chi connectivity index (χ2v) is 6.69. The average Bonchev–Trinajstić information content (AvgIpc) is 2.42. The fraction of sp³-hybridized carbons (Fsp3) is 0.538. The quantitative estimate of drug-likeness (QED) is 0.887. The molecule has 1 atom stereocenters. The summed E-state index contributed by atoms with van der Waals surface area (Å²) < 4.78 is 41.9. The van der Waals surface area contributed by atoms with Crippen LogP contribution in [0.2, 0.25) is 0 Å². The Hall–Kier alpha value is -1.18. The Balaban J connectivity index is 2.19. The van der Waals surface area contributed by atoms with E-state index in [9.17, 15) is 12.8 Å². The van der Waals surface area contributed by atoms with E-state index >= 15 is 0 Å². The van der Waals surface area contributed by atoms with Crippen LogP contribution in [-0.2, 0) is 10.2 Å². The van der Waals surface area contributed by atoms with Gasteiger partial charge in [0, 0.05) is 19.1 Å². The summed E-state index contributed by atoms with van der Waals surface area (Å²) in [6.45, 7) is 2.37. The molecule has 0 amide bonds. The molecule has 1 aliphatic heterocycles. The molecule has 1 fully saturated rings. The molecule has 0 spiro atoms. The number of rotatable bonds is 4. The molecule has 0 radical (unpaired) electrons. The average molecular weight is 301 g/mol. The van der Waals surface area contributed by atoms with Crippen molar-refractivity contribution in [2.45, 2.75) is 32.2 Å². The van der Waals surface area contributed by atoms with Crippen molar-refractivity contribution >= 4 is 15.9 Å². The number of hydrogen-bond acceptors (Lipinski definition) is 3. The molecule has 3 N–H and O–H groups in total.